The Labute approximate surface area is 180 Å². The first-order valence-corrected chi connectivity index (χ1v) is 9.26. The number of nitro groups is 1. The maximum atomic E-state index is 12.9. The minimum Gasteiger partial charge on any atom is -0.491 e. The average molecular weight is 450 g/mol. The Kier molecular flexibility index (Phi) is 6.04. The monoisotopic (exact) mass is 449 g/mol. The van der Waals surface area contributed by atoms with Crippen molar-refractivity contribution < 1.29 is 24.0 Å². The van der Waals surface area contributed by atoms with Gasteiger partial charge < -0.3 is 4.74 Å². The lowest BCUT2D eigenvalue weighted by atomic mass is 10.1. The molecule has 154 valence electrons. The van der Waals surface area contributed by atoms with Crippen LogP contribution in [0.3, 0.4) is 0 Å². The predicted molar refractivity (Wildman–Crippen MR) is 110 cm³/mol. The molecule has 30 heavy (non-hydrogen) atoms. The largest absolute Gasteiger partial charge is 0.491 e. The Balaban J connectivity index is 2.03. The second-order valence-electron chi connectivity index (χ2n) is 5.98. The fourth-order valence-electron chi connectivity index (χ4n) is 2.75. The molecule has 11 heteroatoms. The summed E-state index contributed by atoms with van der Waals surface area (Å²) in [6, 6.07) is 6.78. The zero-order chi connectivity index (χ0) is 22.0. The molecule has 1 fully saturated rings. The molecule has 0 radical (unpaired) electrons. The number of nitrogens with zero attached hydrogens (tertiary/aromatic N) is 2. The molecule has 0 spiro atoms. The first-order valence-electron chi connectivity index (χ1n) is 8.50. The summed E-state index contributed by atoms with van der Waals surface area (Å²) in [6.45, 7) is 2.09. The van der Waals surface area contributed by atoms with Crippen molar-refractivity contribution in [2.75, 3.05) is 11.5 Å². The summed E-state index contributed by atoms with van der Waals surface area (Å²) in [5.74, 6) is -1.62. The summed E-state index contributed by atoms with van der Waals surface area (Å²) >= 11 is 12.3. The SMILES string of the molecule is CCOc1c(Cl)cc(/C=C2\C(=O)NC(=O)N(c3cccc([N+](=O)[O-])c3)C2=O)cc1Cl. The van der Waals surface area contributed by atoms with Crippen LogP contribution in [0.4, 0.5) is 16.2 Å². The first kappa shape index (κ1) is 21.3. The Morgan fingerprint density at radius 1 is 1.17 bits per heavy atom. The van der Waals surface area contributed by atoms with Crippen molar-refractivity contribution in [1.82, 2.24) is 5.32 Å². The van der Waals surface area contributed by atoms with E-state index in [4.69, 9.17) is 27.9 Å². The highest BCUT2D eigenvalue weighted by atomic mass is 35.5. The number of benzene rings is 2. The molecule has 4 amide bonds. The van der Waals surface area contributed by atoms with Gasteiger partial charge in [-0.15, -0.1) is 0 Å². The fourth-order valence-corrected chi connectivity index (χ4v) is 3.36. The maximum absolute atomic E-state index is 12.9. The van der Waals surface area contributed by atoms with Gasteiger partial charge in [0, 0.05) is 12.1 Å². The molecule has 0 aliphatic carbocycles. The van der Waals surface area contributed by atoms with E-state index in [2.05, 4.69) is 0 Å². The highest BCUT2D eigenvalue weighted by molar-refractivity contribution is 6.40. The van der Waals surface area contributed by atoms with E-state index in [1.807, 2.05) is 5.32 Å². The molecule has 1 aliphatic rings. The third-order valence-corrected chi connectivity index (χ3v) is 4.58. The van der Waals surface area contributed by atoms with E-state index in [0.29, 0.717) is 17.1 Å². The second-order valence-corrected chi connectivity index (χ2v) is 6.80. The summed E-state index contributed by atoms with van der Waals surface area (Å²) in [6.07, 6.45) is 1.21. The fraction of sp³-hybridized carbons (Fsp3) is 0.105. The molecule has 0 saturated carbocycles. The van der Waals surface area contributed by atoms with Crippen LogP contribution in [-0.2, 0) is 9.59 Å². The summed E-state index contributed by atoms with van der Waals surface area (Å²) in [5.41, 5.74) is -0.439. The number of urea groups is 1. The number of hydrogen-bond donors (Lipinski definition) is 1. The molecule has 1 N–H and O–H groups in total. The summed E-state index contributed by atoms with van der Waals surface area (Å²) in [5, 5.41) is 13.4. The van der Waals surface area contributed by atoms with Gasteiger partial charge in [-0.05, 0) is 36.8 Å². The minimum absolute atomic E-state index is 0.0622. The van der Waals surface area contributed by atoms with Gasteiger partial charge in [0.2, 0.25) is 0 Å². The molecule has 1 heterocycles. The van der Waals surface area contributed by atoms with Crippen LogP contribution in [0.1, 0.15) is 12.5 Å². The number of ether oxygens (including phenoxy) is 1. The van der Waals surface area contributed by atoms with Gasteiger partial charge in [-0.2, -0.15) is 0 Å². The van der Waals surface area contributed by atoms with Gasteiger partial charge in [0.1, 0.15) is 5.57 Å². The molecule has 0 unspecified atom stereocenters. The number of anilines is 1. The summed E-state index contributed by atoms with van der Waals surface area (Å²) in [7, 11) is 0. The van der Waals surface area contributed by atoms with Crippen LogP contribution in [0.15, 0.2) is 42.0 Å². The quantitative estimate of drug-likeness (QED) is 0.319. The lowest BCUT2D eigenvalue weighted by Crippen LogP contribution is -2.54. The van der Waals surface area contributed by atoms with E-state index in [0.717, 1.165) is 6.07 Å². The van der Waals surface area contributed by atoms with Crippen molar-refractivity contribution >= 4 is 58.5 Å². The second kappa shape index (κ2) is 8.52. The molecule has 2 aromatic carbocycles. The topological polar surface area (TPSA) is 119 Å². The number of imide groups is 2. The van der Waals surface area contributed by atoms with Crippen LogP contribution >= 0.6 is 23.2 Å². The molecular weight excluding hydrogens is 437 g/mol. The van der Waals surface area contributed by atoms with Gasteiger partial charge in [0.25, 0.3) is 17.5 Å². The molecule has 2 aromatic rings. The number of hydrogen-bond acceptors (Lipinski definition) is 6. The van der Waals surface area contributed by atoms with Crippen LogP contribution in [0.2, 0.25) is 10.0 Å². The van der Waals surface area contributed by atoms with Crippen LogP contribution in [0, 0.1) is 10.1 Å². The van der Waals surface area contributed by atoms with E-state index in [9.17, 15) is 24.5 Å². The Morgan fingerprint density at radius 2 is 1.83 bits per heavy atom. The number of barbiturate groups is 1. The van der Waals surface area contributed by atoms with Gasteiger partial charge in [-0.3, -0.25) is 25.0 Å². The van der Waals surface area contributed by atoms with Gasteiger partial charge in [-0.1, -0.05) is 29.3 Å². The van der Waals surface area contributed by atoms with Crippen molar-refractivity contribution in [2.45, 2.75) is 6.92 Å². The molecule has 9 nitrogen and oxygen atoms in total. The number of halogens is 2. The third-order valence-electron chi connectivity index (χ3n) is 4.02. The van der Waals surface area contributed by atoms with Crippen LogP contribution in [-0.4, -0.2) is 29.4 Å². The van der Waals surface area contributed by atoms with Crippen molar-refractivity contribution in [3.8, 4) is 5.75 Å². The normalized spacial score (nSPS) is 15.4. The minimum atomic E-state index is -1.02. The van der Waals surface area contributed by atoms with Crippen molar-refractivity contribution in [2.24, 2.45) is 0 Å². The van der Waals surface area contributed by atoms with E-state index in [1.165, 1.54) is 36.4 Å². The number of nitro benzene ring substituents is 1. The standard InChI is InChI=1S/C19H13Cl2N3O6/c1-2-30-16-14(20)7-10(8-15(16)21)6-13-17(25)22-19(27)23(18(13)26)11-4-3-5-12(9-11)24(28)29/h3-9H,2H2,1H3,(H,22,25,27)/b13-6+. The van der Waals surface area contributed by atoms with Crippen LogP contribution in [0.5, 0.6) is 5.75 Å². The van der Waals surface area contributed by atoms with Crippen molar-refractivity contribution in [1.29, 1.82) is 0 Å². The molecule has 0 aromatic heterocycles. The van der Waals surface area contributed by atoms with E-state index in [-0.39, 0.29) is 32.7 Å². The lowest BCUT2D eigenvalue weighted by molar-refractivity contribution is -0.384. The van der Waals surface area contributed by atoms with Gasteiger partial charge in [0.15, 0.2) is 5.75 Å². The van der Waals surface area contributed by atoms with Gasteiger partial charge >= 0.3 is 6.03 Å². The molecule has 1 aliphatic heterocycles. The van der Waals surface area contributed by atoms with Gasteiger partial charge in [-0.25, -0.2) is 9.69 Å². The van der Waals surface area contributed by atoms with E-state index in [1.54, 1.807) is 6.92 Å². The van der Waals surface area contributed by atoms with E-state index < -0.39 is 22.8 Å². The maximum Gasteiger partial charge on any atom is 0.335 e. The van der Waals surface area contributed by atoms with Crippen LogP contribution in [0.25, 0.3) is 6.08 Å². The Hall–Kier alpha value is -3.43. The number of nitrogens with one attached hydrogen (secondary N) is 1. The molecule has 3 rings (SSSR count). The first-order chi connectivity index (χ1) is 14.2. The third kappa shape index (κ3) is 4.12. The number of amides is 4. The van der Waals surface area contributed by atoms with Crippen LogP contribution < -0.4 is 15.0 Å². The zero-order valence-corrected chi connectivity index (χ0v) is 16.9. The number of rotatable bonds is 5. The summed E-state index contributed by atoms with van der Waals surface area (Å²) in [4.78, 5) is 48.4. The smallest absolute Gasteiger partial charge is 0.335 e. The number of carbonyl (C=O) groups is 3. The van der Waals surface area contributed by atoms with Crippen molar-refractivity contribution in [3.05, 3.63) is 67.7 Å². The van der Waals surface area contributed by atoms with Gasteiger partial charge in [0.05, 0.1) is 27.3 Å². The number of carbonyl (C=O) groups excluding carboxylic acids is 3. The Bertz CT molecular complexity index is 1090. The highest BCUT2D eigenvalue weighted by Crippen LogP contribution is 2.35. The number of non-ortho nitro benzene ring substituents is 1. The summed E-state index contributed by atoms with van der Waals surface area (Å²) < 4.78 is 5.34. The molecule has 0 atom stereocenters. The predicted octanol–water partition coefficient (Wildman–Crippen LogP) is 3.97. The molecule has 1 saturated heterocycles. The Morgan fingerprint density at radius 3 is 2.43 bits per heavy atom. The van der Waals surface area contributed by atoms with Crippen molar-refractivity contribution in [3.63, 3.8) is 0 Å². The zero-order valence-electron chi connectivity index (χ0n) is 15.3. The average Bonchev–Trinajstić information content (AvgIpc) is 2.68. The highest BCUT2D eigenvalue weighted by Gasteiger charge is 2.37. The lowest BCUT2D eigenvalue weighted by Gasteiger charge is -2.26. The van der Waals surface area contributed by atoms with E-state index >= 15 is 0 Å². The molecular formula is C19H13Cl2N3O6. The molecule has 0 bridgehead atoms.